The van der Waals surface area contributed by atoms with Gasteiger partial charge < -0.3 is 15.7 Å². The van der Waals surface area contributed by atoms with E-state index < -0.39 is 29.1 Å². The number of halogens is 3. The summed E-state index contributed by atoms with van der Waals surface area (Å²) in [6.45, 7) is 1.90. The number of amides is 1. The number of phenolic OH excluding ortho intramolecular Hbond substituents is 1. The fourth-order valence-corrected chi connectivity index (χ4v) is 4.95. The van der Waals surface area contributed by atoms with Gasteiger partial charge in [0.1, 0.15) is 28.6 Å². The lowest BCUT2D eigenvalue weighted by atomic mass is 9.90. The highest BCUT2D eigenvalue weighted by Gasteiger charge is 2.26. The highest BCUT2D eigenvalue weighted by Crippen LogP contribution is 2.35. The highest BCUT2D eigenvalue weighted by molar-refractivity contribution is 6.32. The van der Waals surface area contributed by atoms with E-state index in [0.717, 1.165) is 23.2 Å². The number of phenols is 1. The molecule has 0 fully saturated rings. The first-order valence-corrected chi connectivity index (χ1v) is 13.4. The van der Waals surface area contributed by atoms with Gasteiger partial charge in [-0.25, -0.2) is 23.3 Å². The summed E-state index contributed by atoms with van der Waals surface area (Å²) < 4.78 is 30.3. The van der Waals surface area contributed by atoms with Crippen molar-refractivity contribution in [2.24, 2.45) is 5.92 Å². The van der Waals surface area contributed by atoms with Gasteiger partial charge in [-0.2, -0.15) is 5.10 Å². The Bertz CT molecular complexity index is 1880. The van der Waals surface area contributed by atoms with Gasteiger partial charge in [-0.05, 0) is 54.4 Å². The number of nitrogens with zero attached hydrogens (tertiary/aromatic N) is 4. The van der Waals surface area contributed by atoms with E-state index in [1.807, 2.05) is 49.5 Å². The summed E-state index contributed by atoms with van der Waals surface area (Å²) in [6, 6.07) is 14.9. The van der Waals surface area contributed by atoms with Crippen LogP contribution in [0.2, 0.25) is 5.02 Å². The number of nitrogens with one attached hydrogen (secondary N) is 2. The molecule has 5 aromatic rings. The number of allylic oxidation sites excluding steroid dienone is 2. The first kappa shape index (κ1) is 27.1. The average molecular weight is 585 g/mol. The van der Waals surface area contributed by atoms with Crippen LogP contribution in [-0.4, -0.2) is 36.6 Å². The standard InChI is InChI=1S/C31H23ClF2N6O2/c1-17-8-9-18(15-24(17)37-30(42)27-21(33)5-4-6-22(27)34)29-28(25-7-2-3-14-40(25)39-29)23-12-13-35-31(38-23)36-19-10-11-26(41)20(32)16-19/h2-17,24,41H,1H3,(H,37,42)(H,35,36,38). The Balaban J connectivity index is 1.38. The fourth-order valence-electron chi connectivity index (χ4n) is 4.77. The van der Waals surface area contributed by atoms with E-state index in [4.69, 9.17) is 21.7 Å². The van der Waals surface area contributed by atoms with Gasteiger partial charge in [-0.3, -0.25) is 4.79 Å². The van der Waals surface area contributed by atoms with E-state index in [-0.39, 0.29) is 16.7 Å². The molecule has 1 aliphatic carbocycles. The zero-order valence-electron chi connectivity index (χ0n) is 22.1. The van der Waals surface area contributed by atoms with Crippen LogP contribution in [0.1, 0.15) is 23.0 Å². The van der Waals surface area contributed by atoms with Crippen molar-refractivity contribution < 1.29 is 18.7 Å². The molecule has 0 saturated carbocycles. The molecule has 3 aromatic heterocycles. The van der Waals surface area contributed by atoms with Crippen LogP contribution in [0.5, 0.6) is 5.75 Å². The van der Waals surface area contributed by atoms with Gasteiger partial charge in [0.05, 0.1) is 27.8 Å². The molecule has 0 radical (unpaired) electrons. The van der Waals surface area contributed by atoms with Crippen molar-refractivity contribution in [1.82, 2.24) is 24.9 Å². The molecule has 0 bridgehead atoms. The maximum atomic E-state index is 14.3. The SMILES string of the molecule is CC1C=CC(c2nn3ccccc3c2-c2ccnc(Nc3ccc(O)c(Cl)c3)n2)=CC1NC(=O)c1c(F)cccc1F. The number of fused-ring (bicyclic) bond motifs is 1. The molecule has 3 heterocycles. The number of anilines is 2. The van der Waals surface area contributed by atoms with E-state index in [1.165, 1.54) is 12.1 Å². The molecule has 8 nitrogen and oxygen atoms in total. The number of pyridine rings is 1. The summed E-state index contributed by atoms with van der Waals surface area (Å²) >= 11 is 6.05. The lowest BCUT2D eigenvalue weighted by molar-refractivity contribution is 0.0930. The minimum absolute atomic E-state index is 0.0375. The Labute approximate surface area is 244 Å². The minimum Gasteiger partial charge on any atom is -0.506 e. The second kappa shape index (κ2) is 11.1. The van der Waals surface area contributed by atoms with Crippen molar-refractivity contribution in [3.63, 3.8) is 0 Å². The van der Waals surface area contributed by atoms with Crippen LogP contribution in [0.25, 0.3) is 22.3 Å². The third-order valence-corrected chi connectivity index (χ3v) is 7.22. The van der Waals surface area contributed by atoms with E-state index in [9.17, 15) is 18.7 Å². The van der Waals surface area contributed by atoms with Gasteiger partial charge in [0.2, 0.25) is 5.95 Å². The Kier molecular flexibility index (Phi) is 7.13. The first-order valence-electron chi connectivity index (χ1n) is 13.0. The molecule has 11 heteroatoms. The van der Waals surface area contributed by atoms with E-state index in [2.05, 4.69) is 15.6 Å². The molecule has 2 atom stereocenters. The van der Waals surface area contributed by atoms with Crippen LogP contribution in [0.4, 0.5) is 20.4 Å². The Morgan fingerprint density at radius 1 is 1.07 bits per heavy atom. The summed E-state index contributed by atoms with van der Waals surface area (Å²) in [7, 11) is 0. The molecule has 6 rings (SSSR count). The summed E-state index contributed by atoms with van der Waals surface area (Å²) in [4.78, 5) is 21.9. The average Bonchev–Trinajstić information content (AvgIpc) is 3.36. The van der Waals surface area contributed by atoms with E-state index in [0.29, 0.717) is 28.6 Å². The monoisotopic (exact) mass is 584 g/mol. The molecule has 210 valence electrons. The molecule has 2 aromatic carbocycles. The summed E-state index contributed by atoms with van der Waals surface area (Å²) in [5, 5.41) is 20.6. The summed E-state index contributed by atoms with van der Waals surface area (Å²) in [5.41, 5.74) is 3.34. The second-order valence-corrected chi connectivity index (χ2v) is 10.2. The van der Waals surface area contributed by atoms with Gasteiger partial charge >= 0.3 is 0 Å². The maximum Gasteiger partial charge on any atom is 0.257 e. The Morgan fingerprint density at radius 2 is 1.88 bits per heavy atom. The molecular formula is C31H23ClF2N6O2. The topological polar surface area (TPSA) is 104 Å². The van der Waals surface area contributed by atoms with Crippen LogP contribution >= 0.6 is 11.6 Å². The quantitative estimate of drug-likeness (QED) is 0.195. The van der Waals surface area contributed by atoms with Crippen LogP contribution in [-0.2, 0) is 0 Å². The van der Waals surface area contributed by atoms with Crippen molar-refractivity contribution in [3.8, 4) is 17.0 Å². The molecule has 0 saturated heterocycles. The second-order valence-electron chi connectivity index (χ2n) is 9.75. The Hall–Kier alpha value is -5.09. The van der Waals surface area contributed by atoms with E-state index >= 15 is 0 Å². The third kappa shape index (κ3) is 5.19. The highest BCUT2D eigenvalue weighted by atomic mass is 35.5. The van der Waals surface area contributed by atoms with Crippen molar-refractivity contribution in [1.29, 1.82) is 0 Å². The molecule has 1 aliphatic rings. The smallest absolute Gasteiger partial charge is 0.257 e. The third-order valence-electron chi connectivity index (χ3n) is 6.92. The number of benzene rings is 2. The predicted octanol–water partition coefficient (Wildman–Crippen LogP) is 6.56. The lowest BCUT2D eigenvalue weighted by Crippen LogP contribution is -2.39. The number of rotatable bonds is 6. The van der Waals surface area contributed by atoms with E-state index in [1.54, 1.807) is 28.9 Å². The van der Waals surface area contributed by atoms with Crippen LogP contribution in [0.15, 0.2) is 91.3 Å². The number of aromatic nitrogens is 4. The maximum absolute atomic E-state index is 14.3. The lowest BCUT2D eigenvalue weighted by Gasteiger charge is -2.24. The number of carbonyl (C=O) groups excluding carboxylic acids is 1. The van der Waals surface area contributed by atoms with Crippen molar-refractivity contribution in [2.75, 3.05) is 5.32 Å². The van der Waals surface area contributed by atoms with Crippen LogP contribution in [0.3, 0.4) is 0 Å². The summed E-state index contributed by atoms with van der Waals surface area (Å²) in [6.07, 6.45) is 9.07. The van der Waals surface area contributed by atoms with Crippen molar-refractivity contribution >= 4 is 40.2 Å². The summed E-state index contributed by atoms with van der Waals surface area (Å²) in [5.74, 6) is -2.59. The van der Waals surface area contributed by atoms with Gasteiger partial charge in [0.15, 0.2) is 0 Å². The first-order chi connectivity index (χ1) is 20.3. The minimum atomic E-state index is -0.930. The zero-order valence-corrected chi connectivity index (χ0v) is 22.8. The Morgan fingerprint density at radius 3 is 2.67 bits per heavy atom. The predicted molar refractivity (Wildman–Crippen MR) is 157 cm³/mol. The number of aromatic hydroxyl groups is 1. The number of carbonyl (C=O) groups is 1. The molecule has 2 unspecified atom stereocenters. The van der Waals surface area contributed by atoms with Gasteiger partial charge in [0.25, 0.3) is 5.91 Å². The molecule has 3 N–H and O–H groups in total. The van der Waals surface area contributed by atoms with Gasteiger partial charge in [0, 0.05) is 23.7 Å². The molecule has 0 spiro atoms. The van der Waals surface area contributed by atoms with Crippen molar-refractivity contribution in [2.45, 2.75) is 13.0 Å². The molecule has 1 amide bonds. The van der Waals surface area contributed by atoms with Gasteiger partial charge in [-0.1, -0.05) is 48.9 Å². The zero-order chi connectivity index (χ0) is 29.4. The van der Waals surface area contributed by atoms with Crippen LogP contribution < -0.4 is 10.6 Å². The van der Waals surface area contributed by atoms with Crippen molar-refractivity contribution in [3.05, 3.63) is 119 Å². The number of hydrogen-bond donors (Lipinski definition) is 3. The normalized spacial score (nSPS) is 16.3. The molecular weight excluding hydrogens is 562 g/mol. The van der Waals surface area contributed by atoms with Crippen LogP contribution in [0, 0.1) is 17.6 Å². The van der Waals surface area contributed by atoms with Gasteiger partial charge in [-0.15, -0.1) is 0 Å². The molecule has 0 aliphatic heterocycles. The largest absolute Gasteiger partial charge is 0.506 e. The molecule has 42 heavy (non-hydrogen) atoms. The number of hydrogen-bond acceptors (Lipinski definition) is 6. The fraction of sp³-hybridized carbons (Fsp3) is 0.0968.